The number of fused-ring (bicyclic) bond motifs is 5. The summed E-state index contributed by atoms with van der Waals surface area (Å²) < 4.78 is 5.70. The molecule has 714 valence electrons. The zero-order valence-electron chi connectivity index (χ0n) is 74.8. The fourth-order valence-electron chi connectivity index (χ4n) is 16.7. The number of unbranched alkanes of at least 4 members (excludes halogenated alkanes) is 2. The maximum Gasteiger partial charge on any atom is 0.305 e. The molecule has 4 aliphatic rings. The minimum atomic E-state index is -1.92. The topological polar surface area (TPSA) is 603 Å². The first-order chi connectivity index (χ1) is 63.1. The van der Waals surface area contributed by atoms with E-state index in [2.05, 4.69) is 73.1 Å². The lowest BCUT2D eigenvalue weighted by Crippen LogP contribution is -2.63. The molecule has 19 N–H and O–H groups in total. The lowest BCUT2D eigenvalue weighted by molar-refractivity contribution is -0.153. The summed E-state index contributed by atoms with van der Waals surface area (Å²) in [5.41, 5.74) is 8.31. The molecule has 4 saturated heterocycles. The molecule has 0 bridgehead atoms. The number of nitrogens with zero attached hydrogens (tertiary/aromatic N) is 6. The number of carbonyl (C=O) groups is 17. The Morgan fingerprint density at radius 3 is 1.74 bits per heavy atom. The first kappa shape index (κ1) is 101. The number of morpholine rings is 1. The standard InChI is InChI=1S/C89H120N20O22S/c1-8-10-21-68-81(122)96-49(5)76(117)104-67(77(118)94-41-73(90)113)45-132-46-74(114)97-63(32-50-24-26-54(111)27-25-50)86(127)108-29-30-131-44-72(108)84(125)102-65(37-75(115)116)87(128)107-28-16-23-69(107)82(123)99-61(35-53-40-91-47-95-53)79(120)100-62(31-48(3)4)88(129)109-42-55(112)36-71(109)83(124)98-60(33-51-38-92-58-19-14-12-17-56(51)58)78(119)103-66(43-110)80(121)101-64(34-52-39-93-59-20-15-13-18-57(52)59)85(126)106(7)70(22-11-9-2)89(130)105(68)6/h12-15,17-20,24-27,38-40,47-49,55,60-72,92-93,110-112H,8-11,16,21-23,28-37,41-46H2,1-7H3,(H2,90,113)(H,91,95)(H,94,118)(H,96,122)(H,97,114)(H,98,124)(H,99,123)(H,100,120)(H,101,121)(H,102,125)(H,103,119)(H,104,117)(H,115,116)/t49-,55+,60-,61-,62-,63-,64-,65-,66-,67-,68-,69-,70-,71-,72-/m0/s1. The number of amides is 16. The van der Waals surface area contributed by atoms with E-state index in [4.69, 9.17) is 10.5 Å². The molecule has 42 nitrogen and oxygen atoms in total. The SMILES string of the molecule is CCCC[C@H]1C(=O)N(C)[C@@H](CCCC)C(=O)N[C@@H](C)C(=O)N[C@H](C(=O)NCC(N)=O)CSCC(=O)N[C@@H](Cc2ccc(O)cc2)C(=O)N2CCOC[C@H]2C(=O)N[C@@H](CC(=O)O)C(=O)N2CCC[C@H]2C(=O)N[C@@H](Cc2c[nH]cn2)C(=O)N[C@@H](CC(C)C)C(=O)N2C[C@H](O)C[C@H]2C(=O)N[C@@H](Cc2c[nH]c3ccccc23)C(=O)N[C@@H](CO)C(=O)N[C@@H](Cc2c[nH]c3ccccc23)C(=O)N1C. The molecule has 15 atom stereocenters. The lowest BCUT2D eigenvalue weighted by atomic mass is 10.00. The van der Waals surface area contributed by atoms with Crippen LogP contribution in [-0.4, -0.2) is 328 Å². The molecule has 0 radical (unpaired) electrons. The average Bonchev–Trinajstić information content (AvgIpc) is 1.50. The summed E-state index contributed by atoms with van der Waals surface area (Å²) >= 11 is 0.774. The number of aromatic nitrogens is 4. The number of nitrogens with two attached hydrogens (primary N) is 1. The maximum absolute atomic E-state index is 15.6. The predicted octanol–water partition coefficient (Wildman–Crippen LogP) is -2.19. The Kier molecular flexibility index (Phi) is 36.5. The number of benzene rings is 3. The molecule has 43 heteroatoms. The summed E-state index contributed by atoms with van der Waals surface area (Å²) in [5.74, 6) is -18.1. The van der Waals surface area contributed by atoms with E-state index in [0.717, 1.165) is 36.3 Å². The van der Waals surface area contributed by atoms with E-state index in [1.54, 1.807) is 74.8 Å². The third-order valence-electron chi connectivity index (χ3n) is 23.8. The molecular formula is C89H120N20O22S. The number of nitrogens with one attached hydrogen (secondary N) is 13. The third kappa shape index (κ3) is 26.9. The van der Waals surface area contributed by atoms with Gasteiger partial charge in [-0.3, -0.25) is 81.5 Å². The number of imidazole rings is 1. The molecule has 16 amide bonds. The van der Waals surface area contributed by atoms with Crippen LogP contribution < -0.4 is 58.9 Å². The molecule has 6 aromatic rings. The van der Waals surface area contributed by atoms with E-state index in [1.165, 1.54) is 57.8 Å². The van der Waals surface area contributed by atoms with Gasteiger partial charge >= 0.3 is 5.97 Å². The van der Waals surface area contributed by atoms with E-state index in [-0.39, 0.29) is 94.8 Å². The number of phenols is 1. The summed E-state index contributed by atoms with van der Waals surface area (Å²) in [4.78, 5) is 268. The fraction of sp³-hybridized carbons (Fsp3) is 0.528. The Morgan fingerprint density at radius 1 is 0.583 bits per heavy atom. The monoisotopic (exact) mass is 1850 g/mol. The number of aliphatic hydroxyl groups is 2. The number of thioether (sulfide) groups is 1. The molecule has 10 rings (SSSR count). The van der Waals surface area contributed by atoms with Gasteiger partial charge in [0.05, 0.1) is 56.7 Å². The number of carbonyl (C=O) groups excluding carboxylic acids is 16. The number of rotatable bonds is 22. The quantitative estimate of drug-likeness (QED) is 0.0343. The van der Waals surface area contributed by atoms with Crippen molar-refractivity contribution in [2.75, 3.05) is 71.6 Å². The Balaban J connectivity index is 1.00. The molecule has 0 saturated carbocycles. The number of likely N-dealkylation sites (N-methyl/N-ethyl adjacent to an activating group) is 2. The molecule has 4 aliphatic heterocycles. The second-order valence-electron chi connectivity index (χ2n) is 34.1. The van der Waals surface area contributed by atoms with Gasteiger partial charge in [-0.25, -0.2) is 4.98 Å². The lowest BCUT2D eigenvalue weighted by Gasteiger charge is -2.37. The van der Waals surface area contributed by atoms with Crippen molar-refractivity contribution < 1.29 is 107 Å². The number of carboxylic acid groups (broad SMARTS) is 1. The van der Waals surface area contributed by atoms with Gasteiger partial charge in [-0.2, -0.15) is 0 Å². The van der Waals surface area contributed by atoms with Crippen molar-refractivity contribution in [3.05, 3.63) is 120 Å². The summed E-state index contributed by atoms with van der Waals surface area (Å²) in [6.07, 6.45) is 3.75. The first-order valence-electron chi connectivity index (χ1n) is 44.3. The number of primary amides is 1. The Labute approximate surface area is 765 Å². The van der Waals surface area contributed by atoms with Gasteiger partial charge in [0.15, 0.2) is 0 Å². The number of aliphatic hydroxyl groups excluding tert-OH is 2. The van der Waals surface area contributed by atoms with Gasteiger partial charge in [0.1, 0.15) is 90.3 Å². The van der Waals surface area contributed by atoms with Gasteiger partial charge in [-0.05, 0) is 85.9 Å². The molecular weight excluding hydrogens is 1730 g/mol. The maximum atomic E-state index is 15.6. The molecule has 3 aromatic carbocycles. The molecule has 0 unspecified atom stereocenters. The van der Waals surface area contributed by atoms with Crippen LogP contribution in [0.15, 0.2) is 97.7 Å². The number of aromatic hydroxyl groups is 1. The number of hydrogen-bond acceptors (Lipinski definition) is 23. The Bertz CT molecular complexity index is 5130. The van der Waals surface area contributed by atoms with Gasteiger partial charge in [0.2, 0.25) is 94.5 Å². The number of hydrogen-bond donors (Lipinski definition) is 18. The van der Waals surface area contributed by atoms with E-state index >= 15 is 38.4 Å². The van der Waals surface area contributed by atoms with Crippen molar-refractivity contribution in [3.8, 4) is 5.75 Å². The van der Waals surface area contributed by atoms with Gasteiger partial charge in [-0.1, -0.05) is 102 Å². The number of carboxylic acids is 1. The highest BCUT2D eigenvalue weighted by atomic mass is 32.2. The molecule has 0 spiro atoms. The molecule has 0 aliphatic carbocycles. The normalized spacial score (nSPS) is 25.6. The highest BCUT2D eigenvalue weighted by Crippen LogP contribution is 2.28. The molecule has 7 heterocycles. The van der Waals surface area contributed by atoms with E-state index in [0.29, 0.717) is 64.2 Å². The number of aromatic amines is 3. The van der Waals surface area contributed by atoms with E-state index in [9.17, 15) is 63.6 Å². The largest absolute Gasteiger partial charge is 0.508 e. The number of aliphatic carboxylic acids is 1. The van der Waals surface area contributed by atoms with Crippen LogP contribution in [-0.2, 0) is 112 Å². The van der Waals surface area contributed by atoms with Crippen molar-refractivity contribution >= 4 is 134 Å². The summed E-state index contributed by atoms with van der Waals surface area (Å²) in [5, 5.41) is 70.7. The van der Waals surface area contributed by atoms with Crippen LogP contribution in [0.2, 0.25) is 0 Å². The van der Waals surface area contributed by atoms with Crippen molar-refractivity contribution in [1.82, 2.24) is 97.6 Å². The van der Waals surface area contributed by atoms with Crippen LogP contribution in [0, 0.1) is 5.92 Å². The summed E-state index contributed by atoms with van der Waals surface area (Å²) in [7, 11) is 2.70. The number of para-hydroxylation sites is 2. The minimum absolute atomic E-state index is 0.0144. The van der Waals surface area contributed by atoms with Gasteiger partial charge < -0.3 is 124 Å². The smallest absolute Gasteiger partial charge is 0.305 e. The predicted molar refractivity (Wildman–Crippen MR) is 479 cm³/mol. The summed E-state index contributed by atoms with van der Waals surface area (Å²) in [6.45, 7) is 5.06. The number of H-pyrrole nitrogens is 3. The van der Waals surface area contributed by atoms with Crippen LogP contribution in [0.1, 0.15) is 128 Å². The van der Waals surface area contributed by atoms with Crippen molar-refractivity contribution in [2.24, 2.45) is 11.7 Å². The van der Waals surface area contributed by atoms with Crippen LogP contribution in [0.3, 0.4) is 0 Å². The first-order valence-corrected chi connectivity index (χ1v) is 45.5. The summed E-state index contributed by atoms with van der Waals surface area (Å²) in [6, 6.07) is -2.29. The third-order valence-corrected chi connectivity index (χ3v) is 24.9. The van der Waals surface area contributed by atoms with Gasteiger partial charge in [0, 0.05) is 112 Å². The van der Waals surface area contributed by atoms with Crippen LogP contribution in [0.25, 0.3) is 21.8 Å². The van der Waals surface area contributed by atoms with Crippen molar-refractivity contribution in [3.63, 3.8) is 0 Å². The second-order valence-corrected chi connectivity index (χ2v) is 35.1. The van der Waals surface area contributed by atoms with Crippen LogP contribution >= 0.6 is 11.8 Å². The number of phenolic OH excluding ortho intramolecular Hbond substituents is 1. The van der Waals surface area contributed by atoms with Crippen LogP contribution in [0.5, 0.6) is 5.75 Å². The van der Waals surface area contributed by atoms with Crippen molar-refractivity contribution in [2.45, 2.75) is 222 Å². The van der Waals surface area contributed by atoms with E-state index in [1.807, 2.05) is 13.8 Å². The zero-order chi connectivity index (χ0) is 95.7. The average molecular weight is 1850 g/mol. The van der Waals surface area contributed by atoms with Crippen molar-refractivity contribution in [1.29, 1.82) is 0 Å². The molecule has 3 aromatic heterocycles. The fourth-order valence-corrected chi connectivity index (χ4v) is 17.6. The van der Waals surface area contributed by atoms with E-state index < -0.39 is 242 Å². The second kappa shape index (κ2) is 47.7. The zero-order valence-corrected chi connectivity index (χ0v) is 75.6. The molecule has 132 heavy (non-hydrogen) atoms. The van der Waals surface area contributed by atoms with Gasteiger partial charge in [0.25, 0.3) is 0 Å². The van der Waals surface area contributed by atoms with Gasteiger partial charge in [-0.15, -0.1) is 11.8 Å². The van der Waals surface area contributed by atoms with Crippen LogP contribution in [0.4, 0.5) is 0 Å². The number of ether oxygens (including phenoxy) is 1. The Morgan fingerprint density at radius 2 is 1.13 bits per heavy atom. The molecule has 4 fully saturated rings. The highest BCUT2D eigenvalue weighted by molar-refractivity contribution is 8.00. The minimum Gasteiger partial charge on any atom is -0.508 e. The Hall–Kier alpha value is -13.0. The highest BCUT2D eigenvalue weighted by Gasteiger charge is 2.47.